The average Bonchev–Trinajstić information content (AvgIpc) is 2.88. The maximum Gasteiger partial charge on any atom is 0.143 e. The first-order valence-electron chi connectivity index (χ1n) is 5.69. The average molecular weight is 217 g/mol. The van der Waals surface area contributed by atoms with E-state index in [2.05, 4.69) is 10.4 Å². The SMILES string of the molecule is Oc1cccc2cn(CC3CCNC3)nc12. The van der Waals surface area contributed by atoms with Crippen LogP contribution in [0.1, 0.15) is 6.42 Å². The van der Waals surface area contributed by atoms with Gasteiger partial charge in [-0.3, -0.25) is 4.68 Å². The van der Waals surface area contributed by atoms with E-state index < -0.39 is 0 Å². The molecule has 2 N–H and O–H groups in total. The van der Waals surface area contributed by atoms with Crippen molar-refractivity contribution in [3.63, 3.8) is 0 Å². The fourth-order valence-electron chi connectivity index (χ4n) is 2.31. The molecule has 1 aromatic heterocycles. The number of nitrogens with zero attached hydrogens (tertiary/aromatic N) is 2. The smallest absolute Gasteiger partial charge is 0.143 e. The van der Waals surface area contributed by atoms with Crippen molar-refractivity contribution in [1.82, 2.24) is 15.1 Å². The molecule has 0 amide bonds. The van der Waals surface area contributed by atoms with Gasteiger partial charge in [0, 0.05) is 18.1 Å². The monoisotopic (exact) mass is 217 g/mol. The summed E-state index contributed by atoms with van der Waals surface area (Å²) in [6.07, 6.45) is 3.22. The van der Waals surface area contributed by atoms with E-state index >= 15 is 0 Å². The van der Waals surface area contributed by atoms with E-state index in [0.29, 0.717) is 11.4 Å². The van der Waals surface area contributed by atoms with Crippen LogP contribution in [0.5, 0.6) is 5.75 Å². The van der Waals surface area contributed by atoms with Gasteiger partial charge in [0.15, 0.2) is 0 Å². The Bertz CT molecular complexity index is 500. The zero-order valence-corrected chi connectivity index (χ0v) is 9.06. The second-order valence-electron chi connectivity index (χ2n) is 4.42. The quantitative estimate of drug-likeness (QED) is 0.798. The van der Waals surface area contributed by atoms with Crippen LogP contribution >= 0.6 is 0 Å². The summed E-state index contributed by atoms with van der Waals surface area (Å²) >= 11 is 0. The van der Waals surface area contributed by atoms with E-state index in [0.717, 1.165) is 25.0 Å². The van der Waals surface area contributed by atoms with Gasteiger partial charge in [0.25, 0.3) is 0 Å². The maximum absolute atomic E-state index is 9.66. The van der Waals surface area contributed by atoms with Gasteiger partial charge in [-0.15, -0.1) is 0 Å². The van der Waals surface area contributed by atoms with Gasteiger partial charge in [-0.2, -0.15) is 5.10 Å². The summed E-state index contributed by atoms with van der Waals surface area (Å²) in [4.78, 5) is 0. The van der Waals surface area contributed by atoms with Crippen molar-refractivity contribution in [3.8, 4) is 5.75 Å². The molecule has 0 spiro atoms. The van der Waals surface area contributed by atoms with Crippen molar-refractivity contribution >= 4 is 10.9 Å². The zero-order valence-electron chi connectivity index (χ0n) is 9.06. The summed E-state index contributed by atoms with van der Waals surface area (Å²) < 4.78 is 1.95. The standard InChI is InChI=1S/C12H15N3O/c16-11-3-1-2-10-8-15(14-12(10)11)7-9-4-5-13-6-9/h1-3,8-9,13,16H,4-7H2. The molecule has 2 aromatic rings. The van der Waals surface area contributed by atoms with Crippen LogP contribution in [0.4, 0.5) is 0 Å². The highest BCUT2D eigenvalue weighted by molar-refractivity contribution is 5.83. The van der Waals surface area contributed by atoms with Crippen LogP contribution in [0.3, 0.4) is 0 Å². The van der Waals surface area contributed by atoms with E-state index in [4.69, 9.17) is 0 Å². The Kier molecular flexibility index (Phi) is 2.29. The first-order chi connectivity index (χ1) is 7.83. The van der Waals surface area contributed by atoms with E-state index in [1.807, 2.05) is 23.0 Å². The fraction of sp³-hybridized carbons (Fsp3) is 0.417. The molecule has 0 radical (unpaired) electrons. The maximum atomic E-state index is 9.66. The lowest BCUT2D eigenvalue weighted by Crippen LogP contribution is -2.14. The Labute approximate surface area is 93.9 Å². The topological polar surface area (TPSA) is 50.1 Å². The number of hydrogen-bond donors (Lipinski definition) is 2. The van der Waals surface area contributed by atoms with Gasteiger partial charge in [-0.1, -0.05) is 12.1 Å². The molecule has 4 nitrogen and oxygen atoms in total. The molecule has 2 heterocycles. The summed E-state index contributed by atoms with van der Waals surface area (Å²) in [6, 6.07) is 5.50. The van der Waals surface area contributed by atoms with Crippen LogP contribution in [0.15, 0.2) is 24.4 Å². The van der Waals surface area contributed by atoms with Gasteiger partial charge in [0.05, 0.1) is 0 Å². The Morgan fingerprint density at radius 2 is 2.44 bits per heavy atom. The molecule has 1 aromatic carbocycles. The number of benzene rings is 1. The largest absolute Gasteiger partial charge is 0.506 e. The second-order valence-corrected chi connectivity index (χ2v) is 4.42. The number of rotatable bonds is 2. The molecule has 1 saturated heterocycles. The van der Waals surface area contributed by atoms with Gasteiger partial charge in [0.2, 0.25) is 0 Å². The van der Waals surface area contributed by atoms with Crippen molar-refractivity contribution < 1.29 is 5.11 Å². The third-order valence-electron chi connectivity index (χ3n) is 3.17. The van der Waals surface area contributed by atoms with Gasteiger partial charge in [-0.25, -0.2) is 0 Å². The van der Waals surface area contributed by atoms with Crippen LogP contribution in [0.2, 0.25) is 0 Å². The zero-order chi connectivity index (χ0) is 11.0. The second kappa shape index (κ2) is 3.79. The molecule has 16 heavy (non-hydrogen) atoms. The van der Waals surface area contributed by atoms with Crippen molar-refractivity contribution in [2.75, 3.05) is 13.1 Å². The molecule has 1 atom stereocenters. The number of fused-ring (bicyclic) bond motifs is 1. The van der Waals surface area contributed by atoms with E-state index in [1.54, 1.807) is 6.07 Å². The van der Waals surface area contributed by atoms with Crippen molar-refractivity contribution in [2.24, 2.45) is 5.92 Å². The summed E-state index contributed by atoms with van der Waals surface area (Å²) in [6.45, 7) is 3.11. The minimum atomic E-state index is 0.265. The first-order valence-corrected chi connectivity index (χ1v) is 5.69. The van der Waals surface area contributed by atoms with E-state index in [9.17, 15) is 5.11 Å². The van der Waals surface area contributed by atoms with Crippen LogP contribution in [-0.4, -0.2) is 28.0 Å². The molecule has 1 fully saturated rings. The number of phenolic OH excluding ortho intramolecular Hbond substituents is 1. The molecular weight excluding hydrogens is 202 g/mol. The predicted molar refractivity (Wildman–Crippen MR) is 62.4 cm³/mol. The molecule has 0 bridgehead atoms. The summed E-state index contributed by atoms with van der Waals surface area (Å²) in [5, 5.41) is 18.4. The normalized spacial score (nSPS) is 20.6. The molecule has 84 valence electrons. The Balaban J connectivity index is 1.90. The molecular formula is C12H15N3O. The summed E-state index contributed by atoms with van der Waals surface area (Å²) in [7, 11) is 0. The van der Waals surface area contributed by atoms with Crippen molar-refractivity contribution in [3.05, 3.63) is 24.4 Å². The van der Waals surface area contributed by atoms with Gasteiger partial charge < -0.3 is 10.4 Å². The van der Waals surface area contributed by atoms with E-state index in [1.165, 1.54) is 6.42 Å². The minimum Gasteiger partial charge on any atom is -0.506 e. The van der Waals surface area contributed by atoms with Crippen LogP contribution < -0.4 is 5.32 Å². The van der Waals surface area contributed by atoms with Gasteiger partial charge in [0.1, 0.15) is 11.3 Å². The Morgan fingerprint density at radius 3 is 3.19 bits per heavy atom. The Hall–Kier alpha value is -1.55. The highest BCUT2D eigenvalue weighted by atomic mass is 16.3. The highest BCUT2D eigenvalue weighted by Crippen LogP contribution is 2.23. The van der Waals surface area contributed by atoms with E-state index in [-0.39, 0.29) is 5.75 Å². The lowest BCUT2D eigenvalue weighted by atomic mass is 10.1. The predicted octanol–water partition coefficient (Wildman–Crippen LogP) is 1.35. The number of phenols is 1. The lowest BCUT2D eigenvalue weighted by Gasteiger charge is -2.07. The molecule has 0 saturated carbocycles. The number of hydrogen-bond acceptors (Lipinski definition) is 3. The first kappa shape index (κ1) is 9.66. The van der Waals surface area contributed by atoms with Gasteiger partial charge in [-0.05, 0) is 31.5 Å². The van der Waals surface area contributed by atoms with Crippen molar-refractivity contribution in [1.29, 1.82) is 0 Å². The molecule has 1 unspecified atom stereocenters. The number of nitrogens with one attached hydrogen (secondary N) is 1. The van der Waals surface area contributed by atoms with Crippen LogP contribution in [0.25, 0.3) is 10.9 Å². The molecule has 1 aliphatic heterocycles. The third kappa shape index (κ3) is 1.65. The summed E-state index contributed by atoms with van der Waals surface area (Å²) in [5.41, 5.74) is 0.702. The Morgan fingerprint density at radius 1 is 1.50 bits per heavy atom. The molecule has 0 aliphatic carbocycles. The highest BCUT2D eigenvalue weighted by Gasteiger charge is 2.15. The number of aromatic hydroxyl groups is 1. The minimum absolute atomic E-state index is 0.265. The number of aromatic nitrogens is 2. The molecule has 3 rings (SSSR count). The van der Waals surface area contributed by atoms with Crippen LogP contribution in [0, 0.1) is 5.92 Å². The van der Waals surface area contributed by atoms with Gasteiger partial charge >= 0.3 is 0 Å². The summed E-state index contributed by atoms with van der Waals surface area (Å²) in [5.74, 6) is 0.928. The van der Waals surface area contributed by atoms with Crippen LogP contribution in [-0.2, 0) is 6.54 Å². The molecule has 1 aliphatic rings. The van der Waals surface area contributed by atoms with Crippen molar-refractivity contribution in [2.45, 2.75) is 13.0 Å². The molecule has 4 heteroatoms. The lowest BCUT2D eigenvalue weighted by molar-refractivity contribution is 0.448. The third-order valence-corrected chi connectivity index (χ3v) is 3.17. The fourth-order valence-corrected chi connectivity index (χ4v) is 2.31.